The van der Waals surface area contributed by atoms with Crippen LogP contribution in [0.3, 0.4) is 0 Å². The van der Waals surface area contributed by atoms with Crippen molar-refractivity contribution >= 4 is 28.3 Å². The number of pyridine rings is 1. The van der Waals surface area contributed by atoms with Gasteiger partial charge in [-0.1, -0.05) is 11.8 Å². The first-order chi connectivity index (χ1) is 16.1. The van der Waals surface area contributed by atoms with Crippen LogP contribution in [0.4, 0.5) is 11.5 Å². The SMILES string of the molecule is CC(=O)NCCC#Cc1ccc2ncnc(Nc3ccc(Oc4cccnc4)c(C)c3)c2c1. The molecule has 0 saturated carbocycles. The molecule has 0 saturated heterocycles. The summed E-state index contributed by atoms with van der Waals surface area (Å²) in [5.41, 5.74) is 3.55. The van der Waals surface area contributed by atoms with Crippen molar-refractivity contribution in [3.63, 3.8) is 0 Å². The average Bonchev–Trinajstić information content (AvgIpc) is 2.81. The quantitative estimate of drug-likeness (QED) is 0.334. The summed E-state index contributed by atoms with van der Waals surface area (Å²) in [4.78, 5) is 23.8. The van der Waals surface area contributed by atoms with Crippen LogP contribution in [0.15, 0.2) is 67.3 Å². The van der Waals surface area contributed by atoms with Crippen molar-refractivity contribution < 1.29 is 9.53 Å². The number of nitrogens with zero attached hydrogens (tertiary/aromatic N) is 3. The van der Waals surface area contributed by atoms with Gasteiger partial charge in [-0.2, -0.15) is 0 Å². The van der Waals surface area contributed by atoms with Gasteiger partial charge in [-0.15, -0.1) is 0 Å². The number of ether oxygens (including phenoxy) is 1. The number of nitrogens with one attached hydrogen (secondary N) is 2. The third-order valence-electron chi connectivity index (χ3n) is 4.79. The fourth-order valence-electron chi connectivity index (χ4n) is 3.21. The van der Waals surface area contributed by atoms with Crippen LogP contribution in [0.1, 0.15) is 24.5 Å². The number of benzene rings is 2. The fraction of sp³-hybridized carbons (Fsp3) is 0.154. The second kappa shape index (κ2) is 10.2. The summed E-state index contributed by atoms with van der Waals surface area (Å²) in [6, 6.07) is 15.4. The van der Waals surface area contributed by atoms with Gasteiger partial charge in [-0.25, -0.2) is 9.97 Å². The highest BCUT2D eigenvalue weighted by Gasteiger charge is 2.08. The Bertz CT molecular complexity index is 1340. The molecule has 33 heavy (non-hydrogen) atoms. The molecule has 0 aliphatic carbocycles. The van der Waals surface area contributed by atoms with Crippen LogP contribution in [0.25, 0.3) is 10.9 Å². The van der Waals surface area contributed by atoms with E-state index in [1.54, 1.807) is 12.4 Å². The highest BCUT2D eigenvalue weighted by atomic mass is 16.5. The summed E-state index contributed by atoms with van der Waals surface area (Å²) in [5, 5.41) is 6.99. The van der Waals surface area contributed by atoms with E-state index >= 15 is 0 Å². The standard InChI is InChI=1S/C26H23N5O2/c1-18-14-21(9-11-25(18)33-22-7-5-12-27-16-22)31-26-23-15-20(6-3-4-13-28-19(2)32)8-10-24(23)29-17-30-26/h5,7-12,14-17H,4,13H2,1-2H3,(H,28,32)(H,29,30,31). The Labute approximate surface area is 192 Å². The van der Waals surface area contributed by atoms with Crippen LogP contribution < -0.4 is 15.4 Å². The molecule has 2 aromatic heterocycles. The van der Waals surface area contributed by atoms with Crippen molar-refractivity contribution in [1.82, 2.24) is 20.3 Å². The molecule has 1 amide bonds. The van der Waals surface area contributed by atoms with E-state index in [4.69, 9.17) is 4.74 Å². The van der Waals surface area contributed by atoms with Crippen LogP contribution in [0.2, 0.25) is 0 Å². The molecule has 0 aliphatic rings. The number of carbonyl (C=O) groups excluding carboxylic acids is 1. The van der Waals surface area contributed by atoms with E-state index in [1.807, 2.05) is 55.5 Å². The van der Waals surface area contributed by atoms with Crippen LogP contribution in [-0.2, 0) is 4.79 Å². The summed E-state index contributed by atoms with van der Waals surface area (Å²) in [6.45, 7) is 4.02. The van der Waals surface area contributed by atoms with Crippen LogP contribution in [0, 0.1) is 18.8 Å². The summed E-state index contributed by atoms with van der Waals surface area (Å²) >= 11 is 0. The Morgan fingerprint density at radius 2 is 2.03 bits per heavy atom. The van der Waals surface area contributed by atoms with Crippen molar-refractivity contribution in [1.29, 1.82) is 0 Å². The summed E-state index contributed by atoms with van der Waals surface area (Å²) < 4.78 is 5.91. The molecule has 164 valence electrons. The third kappa shape index (κ3) is 5.83. The lowest BCUT2D eigenvalue weighted by molar-refractivity contribution is -0.118. The van der Waals surface area contributed by atoms with Crippen molar-refractivity contribution in [3.8, 4) is 23.3 Å². The molecule has 4 aromatic rings. The number of aryl methyl sites for hydroxylation is 1. The third-order valence-corrected chi connectivity index (χ3v) is 4.79. The van der Waals surface area contributed by atoms with Gasteiger partial charge in [0.2, 0.25) is 5.91 Å². The number of carbonyl (C=O) groups is 1. The maximum Gasteiger partial charge on any atom is 0.216 e. The van der Waals surface area contributed by atoms with Crippen LogP contribution in [-0.4, -0.2) is 27.4 Å². The molecular formula is C26H23N5O2. The van der Waals surface area contributed by atoms with Gasteiger partial charge in [0, 0.05) is 42.7 Å². The van der Waals surface area contributed by atoms with E-state index in [0.29, 0.717) is 24.5 Å². The van der Waals surface area contributed by atoms with E-state index in [9.17, 15) is 4.79 Å². The smallest absolute Gasteiger partial charge is 0.216 e. The highest BCUT2D eigenvalue weighted by Crippen LogP contribution is 2.29. The molecule has 0 atom stereocenters. The van der Waals surface area contributed by atoms with Crippen LogP contribution >= 0.6 is 0 Å². The van der Waals surface area contributed by atoms with Gasteiger partial charge in [0.05, 0.1) is 11.7 Å². The van der Waals surface area contributed by atoms with Gasteiger partial charge in [0.1, 0.15) is 23.6 Å². The molecule has 0 spiro atoms. The lowest BCUT2D eigenvalue weighted by Gasteiger charge is -2.12. The van der Waals surface area contributed by atoms with Gasteiger partial charge in [-0.3, -0.25) is 9.78 Å². The zero-order valence-electron chi connectivity index (χ0n) is 18.4. The molecule has 7 heteroatoms. The Kier molecular flexibility index (Phi) is 6.76. The molecule has 0 aliphatic heterocycles. The number of amides is 1. The summed E-state index contributed by atoms with van der Waals surface area (Å²) in [5.74, 6) is 8.31. The zero-order valence-corrected chi connectivity index (χ0v) is 18.4. The number of hydrogen-bond acceptors (Lipinski definition) is 6. The summed E-state index contributed by atoms with van der Waals surface area (Å²) in [7, 11) is 0. The van der Waals surface area contributed by atoms with E-state index in [1.165, 1.54) is 13.3 Å². The Balaban J connectivity index is 1.52. The second-order valence-corrected chi connectivity index (χ2v) is 7.39. The van der Waals surface area contributed by atoms with Crippen molar-refractivity contribution in [3.05, 3.63) is 78.4 Å². The van der Waals surface area contributed by atoms with E-state index < -0.39 is 0 Å². The van der Waals surface area contributed by atoms with E-state index in [2.05, 4.69) is 37.4 Å². The second-order valence-electron chi connectivity index (χ2n) is 7.39. The molecule has 2 heterocycles. The molecular weight excluding hydrogens is 414 g/mol. The maximum atomic E-state index is 10.9. The Morgan fingerprint density at radius 1 is 1.12 bits per heavy atom. The topological polar surface area (TPSA) is 89.0 Å². The number of anilines is 2. The van der Waals surface area contributed by atoms with Gasteiger partial charge >= 0.3 is 0 Å². The molecule has 4 rings (SSSR count). The summed E-state index contributed by atoms with van der Waals surface area (Å²) in [6.07, 6.45) is 5.51. The highest BCUT2D eigenvalue weighted by molar-refractivity contribution is 5.91. The van der Waals surface area contributed by atoms with E-state index in [-0.39, 0.29) is 5.91 Å². The monoisotopic (exact) mass is 437 g/mol. The average molecular weight is 438 g/mol. The minimum Gasteiger partial charge on any atom is -0.455 e. The van der Waals surface area contributed by atoms with E-state index in [0.717, 1.165) is 33.5 Å². The molecule has 2 aromatic carbocycles. The number of hydrogen-bond donors (Lipinski definition) is 2. The molecule has 0 unspecified atom stereocenters. The van der Waals surface area contributed by atoms with Gasteiger partial charge < -0.3 is 15.4 Å². The largest absolute Gasteiger partial charge is 0.455 e. The van der Waals surface area contributed by atoms with Crippen molar-refractivity contribution in [2.75, 3.05) is 11.9 Å². The first-order valence-electron chi connectivity index (χ1n) is 10.5. The maximum absolute atomic E-state index is 10.9. The zero-order chi connectivity index (χ0) is 23.0. The normalized spacial score (nSPS) is 10.2. The molecule has 0 bridgehead atoms. The van der Waals surface area contributed by atoms with Gasteiger partial charge in [-0.05, 0) is 61.0 Å². The molecule has 0 fully saturated rings. The van der Waals surface area contributed by atoms with Gasteiger partial charge in [0.25, 0.3) is 0 Å². The predicted molar refractivity (Wildman–Crippen MR) is 128 cm³/mol. The lowest BCUT2D eigenvalue weighted by Crippen LogP contribution is -2.20. The van der Waals surface area contributed by atoms with Gasteiger partial charge in [0.15, 0.2) is 0 Å². The number of aromatic nitrogens is 3. The first-order valence-corrected chi connectivity index (χ1v) is 10.5. The predicted octanol–water partition coefficient (Wildman–Crippen LogP) is 4.75. The van der Waals surface area contributed by atoms with Crippen molar-refractivity contribution in [2.24, 2.45) is 0 Å². The fourth-order valence-corrected chi connectivity index (χ4v) is 3.21. The Hall–Kier alpha value is -4.44. The minimum absolute atomic E-state index is 0.0534. The number of rotatable bonds is 6. The molecule has 7 nitrogen and oxygen atoms in total. The van der Waals surface area contributed by atoms with Crippen LogP contribution in [0.5, 0.6) is 11.5 Å². The lowest BCUT2D eigenvalue weighted by atomic mass is 10.1. The molecule has 0 radical (unpaired) electrons. The minimum atomic E-state index is -0.0534. The number of fused-ring (bicyclic) bond motifs is 1. The van der Waals surface area contributed by atoms with Crippen molar-refractivity contribution in [2.45, 2.75) is 20.3 Å². The Morgan fingerprint density at radius 3 is 2.82 bits per heavy atom. The first kappa shape index (κ1) is 21.8. The molecule has 2 N–H and O–H groups in total.